The number of hydrogen-bond acceptors (Lipinski definition) is 5. The molecule has 1 aromatic rings. The van der Waals surface area contributed by atoms with Crippen molar-refractivity contribution in [3.63, 3.8) is 0 Å². The van der Waals surface area contributed by atoms with E-state index in [2.05, 4.69) is 0 Å². The third kappa shape index (κ3) is 5.45. The number of fused-ring (bicyclic) bond motifs is 1. The molecule has 1 saturated carbocycles. The maximum Gasteiger partial charge on any atom is 0.410 e. The number of likely N-dealkylation sites (tertiary alicyclic amines) is 1. The Morgan fingerprint density at radius 1 is 1.13 bits per heavy atom. The van der Waals surface area contributed by atoms with E-state index in [1.807, 2.05) is 31.2 Å². The van der Waals surface area contributed by atoms with Gasteiger partial charge in [-0.15, -0.1) is 0 Å². The number of alkyl halides is 3. The molecule has 6 nitrogen and oxygen atoms in total. The lowest BCUT2D eigenvalue weighted by Gasteiger charge is -2.42. The van der Waals surface area contributed by atoms with E-state index in [9.17, 15) is 9.59 Å². The van der Waals surface area contributed by atoms with Crippen LogP contribution in [0.1, 0.15) is 37.8 Å². The molecule has 0 unspecified atom stereocenters. The summed E-state index contributed by atoms with van der Waals surface area (Å²) in [6, 6.07) is 7.30. The van der Waals surface area contributed by atoms with E-state index in [1.165, 1.54) is 0 Å². The molecule has 9 heteroatoms. The van der Waals surface area contributed by atoms with Crippen LogP contribution in [-0.2, 0) is 14.3 Å². The van der Waals surface area contributed by atoms with Gasteiger partial charge in [-0.2, -0.15) is 0 Å². The summed E-state index contributed by atoms with van der Waals surface area (Å²) in [7, 11) is 1.60. The largest absolute Gasteiger partial charge is 0.497 e. The molecule has 1 amide bonds. The Hall–Kier alpha value is -1.37. The van der Waals surface area contributed by atoms with Gasteiger partial charge in [-0.05, 0) is 55.7 Å². The number of amides is 1. The quantitative estimate of drug-likeness (QED) is 0.432. The number of benzene rings is 1. The Kier molecular flexibility index (Phi) is 7.64. The van der Waals surface area contributed by atoms with Crippen molar-refractivity contribution in [2.45, 2.75) is 36.0 Å². The van der Waals surface area contributed by atoms with Crippen LogP contribution in [0.2, 0.25) is 0 Å². The Morgan fingerprint density at radius 3 is 2.43 bits per heavy atom. The Morgan fingerprint density at radius 2 is 1.83 bits per heavy atom. The number of nitrogens with zero attached hydrogens (tertiary/aromatic N) is 1. The molecule has 0 N–H and O–H groups in total. The summed E-state index contributed by atoms with van der Waals surface area (Å²) >= 11 is 17.2. The Bertz CT molecular complexity index is 752. The molecule has 3 rings (SSSR count). The van der Waals surface area contributed by atoms with Gasteiger partial charge in [-0.3, -0.25) is 4.79 Å². The fourth-order valence-electron chi connectivity index (χ4n) is 4.61. The van der Waals surface area contributed by atoms with Gasteiger partial charge in [-0.1, -0.05) is 46.9 Å². The number of carbonyl (C=O) groups is 2. The molecule has 30 heavy (non-hydrogen) atoms. The molecule has 0 bridgehead atoms. The minimum atomic E-state index is -1.67. The van der Waals surface area contributed by atoms with Gasteiger partial charge in [0.2, 0.25) is 3.79 Å². The van der Waals surface area contributed by atoms with E-state index >= 15 is 0 Å². The number of esters is 1. The van der Waals surface area contributed by atoms with Crippen LogP contribution in [-0.4, -0.2) is 47.6 Å². The second-order valence-electron chi connectivity index (χ2n) is 7.71. The highest BCUT2D eigenvalue weighted by atomic mass is 35.6. The highest BCUT2D eigenvalue weighted by Gasteiger charge is 2.48. The molecular weight excluding hydrogens is 453 g/mol. The molecule has 0 aromatic heterocycles. The SMILES string of the molecule is CCOC(=O)[C@@H]1CC[C@H]2CN(C(=O)OCC(Cl)(Cl)Cl)[C@@H](c3ccc(OC)cc3)C[C@H]21. The van der Waals surface area contributed by atoms with E-state index in [0.29, 0.717) is 19.6 Å². The van der Waals surface area contributed by atoms with E-state index in [-0.39, 0.29) is 36.4 Å². The van der Waals surface area contributed by atoms with Crippen molar-refractivity contribution in [2.75, 3.05) is 26.9 Å². The van der Waals surface area contributed by atoms with Crippen LogP contribution in [0.15, 0.2) is 24.3 Å². The first-order valence-corrected chi connectivity index (χ1v) is 11.2. The zero-order chi connectivity index (χ0) is 21.9. The van der Waals surface area contributed by atoms with Gasteiger partial charge in [0.05, 0.1) is 25.7 Å². The van der Waals surface area contributed by atoms with Crippen molar-refractivity contribution in [3.05, 3.63) is 29.8 Å². The molecule has 1 aliphatic carbocycles. The summed E-state index contributed by atoms with van der Waals surface area (Å²) < 4.78 is 14.1. The molecule has 0 spiro atoms. The van der Waals surface area contributed by atoms with Crippen LogP contribution in [0, 0.1) is 17.8 Å². The topological polar surface area (TPSA) is 65.1 Å². The molecule has 2 fully saturated rings. The number of piperidine rings is 1. The van der Waals surface area contributed by atoms with E-state index in [0.717, 1.165) is 24.2 Å². The van der Waals surface area contributed by atoms with Gasteiger partial charge >= 0.3 is 12.1 Å². The van der Waals surface area contributed by atoms with E-state index < -0.39 is 9.89 Å². The summed E-state index contributed by atoms with van der Waals surface area (Å²) in [5.41, 5.74) is 0.939. The van der Waals surface area contributed by atoms with Crippen molar-refractivity contribution in [1.29, 1.82) is 0 Å². The molecule has 1 saturated heterocycles. The molecule has 4 atom stereocenters. The highest BCUT2D eigenvalue weighted by Crippen LogP contribution is 2.49. The predicted octanol–water partition coefficient (Wildman–Crippen LogP) is 5.15. The Labute approximate surface area is 191 Å². The molecule has 2 aliphatic rings. The van der Waals surface area contributed by atoms with Crippen LogP contribution in [0.25, 0.3) is 0 Å². The summed E-state index contributed by atoms with van der Waals surface area (Å²) in [6.45, 7) is 2.33. The third-order valence-corrected chi connectivity index (χ3v) is 6.28. The monoisotopic (exact) mass is 477 g/mol. The lowest BCUT2D eigenvalue weighted by molar-refractivity contribution is -0.150. The average molecular weight is 479 g/mol. The van der Waals surface area contributed by atoms with Crippen molar-refractivity contribution >= 4 is 46.9 Å². The second-order valence-corrected chi connectivity index (χ2v) is 10.2. The molecule has 166 valence electrons. The van der Waals surface area contributed by atoms with Gasteiger partial charge in [0, 0.05) is 6.54 Å². The van der Waals surface area contributed by atoms with Crippen LogP contribution in [0.5, 0.6) is 5.75 Å². The summed E-state index contributed by atoms with van der Waals surface area (Å²) in [5, 5.41) is 0. The fourth-order valence-corrected chi connectivity index (χ4v) is 4.77. The standard InChI is InChI=1S/C21H26Cl3NO5/c1-3-29-19(26)16-9-6-14-11-25(20(27)30-12-21(22,23)24)18(10-17(14)16)13-4-7-15(28-2)8-5-13/h4-5,7-8,14,16-18H,3,6,9-12H2,1-2H3/t14-,16+,17+,18+/m0/s1. The molecular formula is C21H26Cl3NO5. The van der Waals surface area contributed by atoms with Gasteiger partial charge in [0.25, 0.3) is 0 Å². The summed E-state index contributed by atoms with van der Waals surface area (Å²) in [5.74, 6) is 0.784. The van der Waals surface area contributed by atoms with Gasteiger partial charge in [0.1, 0.15) is 12.4 Å². The molecule has 0 radical (unpaired) electrons. The second kappa shape index (κ2) is 9.84. The van der Waals surface area contributed by atoms with Gasteiger partial charge in [0.15, 0.2) is 0 Å². The van der Waals surface area contributed by atoms with Crippen molar-refractivity contribution in [1.82, 2.24) is 4.90 Å². The first-order valence-electron chi connectivity index (χ1n) is 10.0. The van der Waals surface area contributed by atoms with Gasteiger partial charge < -0.3 is 19.1 Å². The molecule has 1 aromatic carbocycles. The predicted molar refractivity (Wildman–Crippen MR) is 115 cm³/mol. The van der Waals surface area contributed by atoms with Gasteiger partial charge in [-0.25, -0.2) is 4.79 Å². The number of rotatable bonds is 5. The van der Waals surface area contributed by atoms with Crippen molar-refractivity contribution < 1.29 is 23.8 Å². The van der Waals surface area contributed by atoms with Crippen LogP contribution >= 0.6 is 34.8 Å². The lowest BCUT2D eigenvalue weighted by atomic mass is 9.78. The van der Waals surface area contributed by atoms with Crippen LogP contribution in [0.3, 0.4) is 0 Å². The number of ether oxygens (including phenoxy) is 3. The first-order chi connectivity index (χ1) is 14.2. The zero-order valence-corrected chi connectivity index (χ0v) is 19.3. The minimum Gasteiger partial charge on any atom is -0.497 e. The van der Waals surface area contributed by atoms with Crippen LogP contribution in [0.4, 0.5) is 4.79 Å². The number of carbonyl (C=O) groups excluding carboxylic acids is 2. The average Bonchev–Trinajstić information content (AvgIpc) is 3.14. The first kappa shape index (κ1) is 23.3. The fraction of sp³-hybridized carbons (Fsp3) is 0.619. The smallest absolute Gasteiger partial charge is 0.410 e. The van der Waals surface area contributed by atoms with Crippen LogP contribution < -0.4 is 4.74 Å². The van der Waals surface area contributed by atoms with E-state index in [4.69, 9.17) is 49.0 Å². The normalized spacial score (nSPS) is 26.1. The van der Waals surface area contributed by atoms with Crippen molar-refractivity contribution in [3.8, 4) is 5.75 Å². The lowest BCUT2D eigenvalue weighted by Crippen LogP contribution is -2.46. The van der Waals surface area contributed by atoms with Crippen molar-refractivity contribution in [2.24, 2.45) is 17.8 Å². The van der Waals surface area contributed by atoms with E-state index in [1.54, 1.807) is 12.0 Å². The maximum absolute atomic E-state index is 12.9. The maximum atomic E-state index is 12.9. The minimum absolute atomic E-state index is 0.143. The molecule has 1 heterocycles. The number of methoxy groups -OCH3 is 1. The zero-order valence-electron chi connectivity index (χ0n) is 17.0. The third-order valence-electron chi connectivity index (χ3n) is 5.96. The molecule has 1 aliphatic heterocycles. The highest BCUT2D eigenvalue weighted by molar-refractivity contribution is 6.67. The number of halogens is 3. The summed E-state index contributed by atoms with van der Waals surface area (Å²) in [4.78, 5) is 27.0. The Balaban J connectivity index is 1.83. The summed E-state index contributed by atoms with van der Waals surface area (Å²) in [6.07, 6.45) is 1.74. The number of hydrogen-bond donors (Lipinski definition) is 0.